The van der Waals surface area contributed by atoms with Crippen molar-refractivity contribution in [3.05, 3.63) is 72.6 Å². The summed E-state index contributed by atoms with van der Waals surface area (Å²) >= 11 is 0. The van der Waals surface area contributed by atoms with Crippen LogP contribution in [0.15, 0.2) is 60.9 Å². The van der Waals surface area contributed by atoms with Crippen LogP contribution < -0.4 is 10.6 Å². The topological polar surface area (TPSA) is 175 Å². The van der Waals surface area contributed by atoms with Gasteiger partial charge >= 0.3 is 12.2 Å². The van der Waals surface area contributed by atoms with Crippen molar-refractivity contribution in [2.75, 3.05) is 20.8 Å². The monoisotopic (exact) mass is 856 g/mol. The Kier molecular flexibility index (Phi) is 13.0. The number of imidazole rings is 2. The van der Waals surface area contributed by atoms with E-state index in [0.29, 0.717) is 37.5 Å². The molecule has 16 heteroatoms. The summed E-state index contributed by atoms with van der Waals surface area (Å²) in [5.74, 6) is -2.02. The molecule has 3 fully saturated rings. The Labute approximate surface area is 360 Å². The molecule has 0 radical (unpaired) electrons. The number of likely N-dealkylation sites (tertiary alicyclic amines) is 2. The zero-order chi connectivity index (χ0) is 44.3. The molecule has 4 aromatic rings. The maximum Gasteiger partial charge on any atom is 0.407 e. The van der Waals surface area contributed by atoms with E-state index in [1.54, 1.807) is 22.2 Å². The fourth-order valence-electron chi connectivity index (χ4n) is 9.45. The van der Waals surface area contributed by atoms with Crippen LogP contribution in [0.1, 0.15) is 109 Å². The number of amides is 4. The Morgan fingerprint density at radius 1 is 0.726 bits per heavy atom. The first-order valence-corrected chi connectivity index (χ1v) is 21.6. The molecule has 4 N–H and O–H groups in total. The van der Waals surface area contributed by atoms with Gasteiger partial charge in [-0.3, -0.25) is 9.59 Å². The highest BCUT2D eigenvalue weighted by Crippen LogP contribution is 2.52. The standard InChI is InChI=1S/C46H58F2N8O6/c1-27(2)24-33(53-43(59)61-5)41(57)56-37(17-18-45(56)19-21-46(47,48)22-20-45)40-50-26-35(52-40)32-15-11-30(12-16-32)29-9-13-31(14-10-29)34-25-49-39(51-34)36-8-7-23-55(36)42(58)38(28(3)4)54-44(60)62-6/h9-16,25-28,33,36-38H,7-8,17-24H2,1-6H3,(H,49,51)(H,50,52)(H,53,59)(H,54,60)/t33-,36?,37?,38-/m0/s1. The van der Waals surface area contributed by atoms with E-state index in [9.17, 15) is 28.0 Å². The largest absolute Gasteiger partial charge is 0.453 e. The summed E-state index contributed by atoms with van der Waals surface area (Å²) in [5.41, 5.74) is 4.67. The molecule has 2 aromatic carbocycles. The van der Waals surface area contributed by atoms with Crippen LogP contribution in [0.5, 0.6) is 0 Å². The summed E-state index contributed by atoms with van der Waals surface area (Å²) < 4.78 is 38.6. The zero-order valence-corrected chi connectivity index (χ0v) is 36.3. The Morgan fingerprint density at radius 2 is 1.24 bits per heavy atom. The minimum absolute atomic E-state index is 0.0751. The van der Waals surface area contributed by atoms with Crippen LogP contribution in [0.2, 0.25) is 0 Å². The van der Waals surface area contributed by atoms with Gasteiger partial charge in [0, 0.05) is 24.9 Å². The normalized spacial score (nSPS) is 20.4. The number of benzene rings is 2. The molecule has 332 valence electrons. The number of carbonyl (C=O) groups is 4. The molecule has 4 heterocycles. The Morgan fingerprint density at radius 3 is 1.76 bits per heavy atom. The third kappa shape index (κ3) is 9.33. The number of H-pyrrole nitrogens is 2. The minimum Gasteiger partial charge on any atom is -0.453 e. The molecule has 2 unspecified atom stereocenters. The molecular weight excluding hydrogens is 799 g/mol. The van der Waals surface area contributed by atoms with E-state index in [1.165, 1.54) is 14.2 Å². The molecule has 0 bridgehead atoms. The van der Waals surface area contributed by atoms with Crippen LogP contribution >= 0.6 is 0 Å². The lowest BCUT2D eigenvalue weighted by atomic mass is 9.77. The van der Waals surface area contributed by atoms with E-state index in [4.69, 9.17) is 14.5 Å². The molecule has 7 rings (SSSR count). The number of nitrogens with one attached hydrogen (secondary N) is 4. The lowest BCUT2D eigenvalue weighted by molar-refractivity contribution is -0.147. The first-order valence-electron chi connectivity index (χ1n) is 21.6. The van der Waals surface area contributed by atoms with Crippen LogP contribution in [-0.4, -0.2) is 98.0 Å². The number of aromatic amines is 2. The van der Waals surface area contributed by atoms with Crippen LogP contribution in [0.25, 0.3) is 33.6 Å². The number of nitrogens with zero attached hydrogens (tertiary/aromatic N) is 4. The second-order valence-corrected chi connectivity index (χ2v) is 17.7. The summed E-state index contributed by atoms with van der Waals surface area (Å²) in [6.07, 6.45) is 4.98. The van der Waals surface area contributed by atoms with Crippen molar-refractivity contribution in [1.29, 1.82) is 0 Å². The van der Waals surface area contributed by atoms with E-state index < -0.39 is 41.8 Å². The van der Waals surface area contributed by atoms with Crippen molar-refractivity contribution in [3.63, 3.8) is 0 Å². The number of carbonyl (C=O) groups excluding carboxylic acids is 4. The molecular formula is C46H58F2N8O6. The van der Waals surface area contributed by atoms with Crippen LogP contribution in [0.3, 0.4) is 0 Å². The highest BCUT2D eigenvalue weighted by molar-refractivity contribution is 5.87. The first-order chi connectivity index (χ1) is 29.6. The van der Waals surface area contributed by atoms with Gasteiger partial charge in [0.1, 0.15) is 23.7 Å². The summed E-state index contributed by atoms with van der Waals surface area (Å²) in [6, 6.07) is 13.9. The number of ether oxygens (including phenoxy) is 2. The van der Waals surface area contributed by atoms with Gasteiger partial charge < -0.3 is 39.9 Å². The number of hydrogen-bond acceptors (Lipinski definition) is 8. The van der Waals surface area contributed by atoms with Crippen LogP contribution in [0, 0.1) is 11.8 Å². The molecule has 4 amide bonds. The molecule has 2 saturated heterocycles. The van der Waals surface area contributed by atoms with Crippen molar-refractivity contribution in [3.8, 4) is 33.6 Å². The molecule has 1 spiro atoms. The molecule has 2 aliphatic heterocycles. The number of methoxy groups -OCH3 is 2. The van der Waals surface area contributed by atoms with Crippen molar-refractivity contribution in [2.24, 2.45) is 11.8 Å². The van der Waals surface area contributed by atoms with E-state index in [0.717, 1.165) is 46.5 Å². The average Bonchev–Trinajstić information content (AvgIpc) is 4.10. The van der Waals surface area contributed by atoms with E-state index in [1.807, 2.05) is 76.2 Å². The lowest BCUT2D eigenvalue weighted by Gasteiger charge is -2.46. The molecule has 14 nitrogen and oxygen atoms in total. The lowest BCUT2D eigenvalue weighted by Crippen LogP contribution is -2.57. The van der Waals surface area contributed by atoms with Crippen molar-refractivity contribution >= 4 is 24.0 Å². The number of alkyl halides is 2. The molecule has 62 heavy (non-hydrogen) atoms. The van der Waals surface area contributed by atoms with E-state index in [-0.39, 0.29) is 55.4 Å². The third-order valence-corrected chi connectivity index (χ3v) is 12.8. The number of alkyl carbamates (subject to hydrolysis) is 2. The Balaban J connectivity index is 1.05. The van der Waals surface area contributed by atoms with Gasteiger partial charge in [0.15, 0.2) is 0 Å². The third-order valence-electron chi connectivity index (χ3n) is 12.8. The molecule has 1 saturated carbocycles. The number of rotatable bonds is 12. The fraction of sp³-hybridized carbons (Fsp3) is 0.522. The van der Waals surface area contributed by atoms with Crippen molar-refractivity contribution < 1.29 is 37.4 Å². The number of hydrogen-bond donors (Lipinski definition) is 4. The van der Waals surface area contributed by atoms with Crippen LogP contribution in [-0.2, 0) is 19.1 Å². The zero-order valence-electron chi connectivity index (χ0n) is 36.3. The Hall–Kier alpha value is -5.80. The number of halogens is 2. The molecule has 2 aromatic heterocycles. The summed E-state index contributed by atoms with van der Waals surface area (Å²) in [5, 5.41) is 5.40. The minimum atomic E-state index is -2.77. The van der Waals surface area contributed by atoms with E-state index in [2.05, 4.69) is 25.6 Å². The highest BCUT2D eigenvalue weighted by atomic mass is 19.3. The SMILES string of the molecule is COC(=O)N[C@@H](CC(C)C)C(=O)N1C(c2ncc(-c3ccc(-c4ccc(-c5cnc(C6CCCN6C(=O)[C@@H](NC(=O)OC)C(C)C)[nH]5)cc4)cc3)[nH]2)CCC12CCC(F)(F)CC2. The van der Waals surface area contributed by atoms with Crippen molar-refractivity contribution in [1.82, 2.24) is 40.4 Å². The van der Waals surface area contributed by atoms with E-state index >= 15 is 0 Å². The van der Waals surface area contributed by atoms with Gasteiger partial charge in [0.2, 0.25) is 17.7 Å². The Bertz CT molecular complexity index is 2210. The molecule has 4 atom stereocenters. The maximum absolute atomic E-state index is 14.5. The van der Waals surface area contributed by atoms with Gasteiger partial charge in [0.25, 0.3) is 0 Å². The molecule has 1 aliphatic carbocycles. The maximum atomic E-state index is 14.5. The van der Waals surface area contributed by atoms with Gasteiger partial charge in [0.05, 0.1) is 50.1 Å². The first kappa shape index (κ1) is 44.3. The fourth-order valence-corrected chi connectivity index (χ4v) is 9.45. The molecule has 3 aliphatic rings. The van der Waals surface area contributed by atoms with Gasteiger partial charge in [-0.25, -0.2) is 28.3 Å². The summed E-state index contributed by atoms with van der Waals surface area (Å²) in [6.45, 7) is 8.27. The van der Waals surface area contributed by atoms with Gasteiger partial charge in [-0.2, -0.15) is 0 Å². The van der Waals surface area contributed by atoms with Gasteiger partial charge in [-0.05, 0) is 79.0 Å². The van der Waals surface area contributed by atoms with Crippen molar-refractivity contribution in [2.45, 2.75) is 121 Å². The predicted molar refractivity (Wildman–Crippen MR) is 229 cm³/mol. The second-order valence-electron chi connectivity index (χ2n) is 17.7. The second kappa shape index (κ2) is 18.3. The highest BCUT2D eigenvalue weighted by Gasteiger charge is 2.55. The number of aromatic nitrogens is 4. The van der Waals surface area contributed by atoms with Crippen LogP contribution in [0.4, 0.5) is 18.4 Å². The smallest absolute Gasteiger partial charge is 0.407 e. The van der Waals surface area contributed by atoms with Gasteiger partial charge in [-0.1, -0.05) is 76.2 Å². The predicted octanol–water partition coefficient (Wildman–Crippen LogP) is 8.56. The van der Waals surface area contributed by atoms with Gasteiger partial charge in [-0.15, -0.1) is 0 Å². The quantitative estimate of drug-likeness (QED) is 0.110. The summed E-state index contributed by atoms with van der Waals surface area (Å²) in [7, 11) is 2.53. The average molecular weight is 857 g/mol. The summed E-state index contributed by atoms with van der Waals surface area (Å²) in [4.78, 5) is 72.2.